The van der Waals surface area contributed by atoms with Crippen LogP contribution in [0.5, 0.6) is 11.5 Å². The number of imidazole rings is 1. The van der Waals surface area contributed by atoms with Gasteiger partial charge in [0, 0.05) is 11.6 Å². The van der Waals surface area contributed by atoms with Crippen LogP contribution in [0.2, 0.25) is 0 Å². The minimum absolute atomic E-state index is 0.523. The summed E-state index contributed by atoms with van der Waals surface area (Å²) in [6.45, 7) is 2.59. The van der Waals surface area contributed by atoms with Gasteiger partial charge in [0.2, 0.25) is 11.7 Å². The van der Waals surface area contributed by atoms with Gasteiger partial charge < -0.3 is 19.0 Å². The molecule has 0 aliphatic carbocycles. The second kappa shape index (κ2) is 7.71. The Hall–Kier alpha value is -3.00. The first-order chi connectivity index (χ1) is 13.2. The van der Waals surface area contributed by atoms with Crippen molar-refractivity contribution in [2.45, 2.75) is 17.8 Å². The minimum Gasteiger partial charge on any atom is -0.497 e. The van der Waals surface area contributed by atoms with E-state index in [4.69, 9.17) is 14.0 Å². The smallest absolute Gasteiger partial charge is 0.237 e. The van der Waals surface area contributed by atoms with E-state index in [0.717, 1.165) is 33.3 Å². The molecule has 0 radical (unpaired) electrons. The Morgan fingerprint density at radius 3 is 2.89 bits per heavy atom. The molecule has 4 aromatic rings. The Labute approximate surface area is 160 Å². The predicted molar refractivity (Wildman–Crippen MR) is 103 cm³/mol. The molecule has 138 valence electrons. The zero-order valence-corrected chi connectivity index (χ0v) is 15.7. The molecule has 0 fully saturated rings. The van der Waals surface area contributed by atoms with E-state index in [9.17, 15) is 0 Å². The summed E-state index contributed by atoms with van der Waals surface area (Å²) in [7, 11) is 1.63. The third-order valence-electron chi connectivity index (χ3n) is 3.87. The molecule has 2 aromatic carbocycles. The van der Waals surface area contributed by atoms with Crippen molar-refractivity contribution in [2.75, 3.05) is 13.7 Å². The zero-order valence-electron chi connectivity index (χ0n) is 14.9. The van der Waals surface area contributed by atoms with Gasteiger partial charge in [0.05, 0.1) is 30.5 Å². The third-order valence-corrected chi connectivity index (χ3v) is 4.73. The van der Waals surface area contributed by atoms with Gasteiger partial charge in [-0.15, -0.1) is 0 Å². The maximum Gasteiger partial charge on any atom is 0.237 e. The van der Waals surface area contributed by atoms with Gasteiger partial charge >= 0.3 is 0 Å². The number of aromatic amines is 1. The number of thioether (sulfide) groups is 1. The van der Waals surface area contributed by atoms with E-state index in [1.807, 2.05) is 49.4 Å². The van der Waals surface area contributed by atoms with Crippen molar-refractivity contribution < 1.29 is 14.0 Å². The zero-order chi connectivity index (χ0) is 18.6. The summed E-state index contributed by atoms with van der Waals surface area (Å²) in [6.07, 6.45) is 0. The van der Waals surface area contributed by atoms with Crippen molar-refractivity contribution in [2.24, 2.45) is 0 Å². The van der Waals surface area contributed by atoms with Crippen LogP contribution in [0.1, 0.15) is 12.8 Å². The molecule has 0 atom stereocenters. The fourth-order valence-corrected chi connectivity index (χ4v) is 3.34. The Kier molecular flexibility index (Phi) is 4.97. The number of nitrogens with one attached hydrogen (secondary N) is 1. The van der Waals surface area contributed by atoms with Crippen LogP contribution < -0.4 is 9.47 Å². The van der Waals surface area contributed by atoms with E-state index in [-0.39, 0.29) is 0 Å². The van der Waals surface area contributed by atoms with Gasteiger partial charge in [0.25, 0.3) is 0 Å². The van der Waals surface area contributed by atoms with E-state index >= 15 is 0 Å². The van der Waals surface area contributed by atoms with E-state index in [1.54, 1.807) is 7.11 Å². The second-order valence-corrected chi connectivity index (χ2v) is 6.65. The molecule has 0 aliphatic rings. The van der Waals surface area contributed by atoms with Crippen molar-refractivity contribution >= 4 is 22.8 Å². The van der Waals surface area contributed by atoms with E-state index in [0.29, 0.717) is 24.1 Å². The SMILES string of the molecule is CCOc1ccc2nc(SCc3nc(-c4cccc(OC)c4)no3)[nH]c2c1. The van der Waals surface area contributed by atoms with Crippen molar-refractivity contribution in [3.8, 4) is 22.9 Å². The van der Waals surface area contributed by atoms with Crippen molar-refractivity contribution in [3.05, 3.63) is 48.4 Å². The molecule has 0 aliphatic heterocycles. The van der Waals surface area contributed by atoms with Crippen molar-refractivity contribution in [1.82, 2.24) is 20.1 Å². The number of methoxy groups -OCH3 is 1. The average Bonchev–Trinajstić information content (AvgIpc) is 3.33. The predicted octanol–water partition coefficient (Wildman–Crippen LogP) is 4.31. The summed E-state index contributed by atoms with van der Waals surface area (Å²) >= 11 is 1.51. The topological polar surface area (TPSA) is 86.1 Å². The number of ether oxygens (including phenoxy) is 2. The molecular weight excluding hydrogens is 364 g/mol. The van der Waals surface area contributed by atoms with Crippen LogP contribution in [0.4, 0.5) is 0 Å². The highest BCUT2D eigenvalue weighted by atomic mass is 32.2. The molecule has 2 heterocycles. The van der Waals surface area contributed by atoms with Crippen LogP contribution >= 0.6 is 11.8 Å². The molecule has 0 spiro atoms. The van der Waals surface area contributed by atoms with Crippen LogP contribution in [0.15, 0.2) is 52.1 Å². The normalized spacial score (nSPS) is 11.0. The molecule has 0 saturated heterocycles. The fraction of sp³-hybridized carbons (Fsp3) is 0.211. The Balaban J connectivity index is 1.46. The summed E-state index contributed by atoms with van der Waals surface area (Å²) < 4.78 is 16.1. The highest BCUT2D eigenvalue weighted by Gasteiger charge is 2.11. The molecule has 1 N–H and O–H groups in total. The minimum atomic E-state index is 0.523. The number of hydrogen-bond donors (Lipinski definition) is 1. The van der Waals surface area contributed by atoms with Crippen LogP contribution in [0, 0.1) is 0 Å². The molecule has 0 unspecified atom stereocenters. The van der Waals surface area contributed by atoms with Crippen LogP contribution in [-0.4, -0.2) is 33.8 Å². The number of hydrogen-bond acceptors (Lipinski definition) is 7. The molecular formula is C19H18N4O3S. The number of benzene rings is 2. The van der Waals surface area contributed by atoms with Gasteiger partial charge in [-0.3, -0.25) is 0 Å². The molecule has 2 aromatic heterocycles. The molecule has 0 bridgehead atoms. The largest absolute Gasteiger partial charge is 0.497 e. The molecule has 0 amide bonds. The Bertz CT molecular complexity index is 1060. The summed E-state index contributed by atoms with van der Waals surface area (Å²) in [5.74, 6) is 3.17. The average molecular weight is 382 g/mol. The molecule has 8 heteroatoms. The lowest BCUT2D eigenvalue weighted by molar-refractivity contribution is 0.340. The van der Waals surface area contributed by atoms with Gasteiger partial charge in [-0.2, -0.15) is 4.98 Å². The second-order valence-electron chi connectivity index (χ2n) is 5.69. The van der Waals surface area contributed by atoms with E-state index in [1.165, 1.54) is 11.8 Å². The summed E-state index contributed by atoms with van der Waals surface area (Å²) in [5.41, 5.74) is 2.68. The summed E-state index contributed by atoms with van der Waals surface area (Å²) in [5, 5.41) is 4.84. The lowest BCUT2D eigenvalue weighted by Gasteiger charge is -2.00. The standard InChI is InChI=1S/C19H18N4O3S/c1-3-25-14-7-8-15-16(10-14)21-19(20-15)27-11-17-22-18(23-26-17)12-5-4-6-13(9-12)24-2/h4-10H,3,11H2,1-2H3,(H,20,21). The number of nitrogens with zero attached hydrogens (tertiary/aromatic N) is 3. The Morgan fingerprint density at radius 2 is 2.04 bits per heavy atom. The van der Waals surface area contributed by atoms with Crippen LogP contribution in [0.25, 0.3) is 22.4 Å². The van der Waals surface area contributed by atoms with Crippen LogP contribution in [0.3, 0.4) is 0 Å². The quantitative estimate of drug-likeness (QED) is 0.477. The third kappa shape index (κ3) is 3.90. The summed E-state index contributed by atoms with van der Waals surface area (Å²) in [4.78, 5) is 12.3. The molecule has 27 heavy (non-hydrogen) atoms. The summed E-state index contributed by atoms with van der Waals surface area (Å²) in [6, 6.07) is 13.4. The first kappa shape index (κ1) is 17.4. The van der Waals surface area contributed by atoms with E-state index < -0.39 is 0 Å². The Morgan fingerprint density at radius 1 is 1.11 bits per heavy atom. The van der Waals surface area contributed by atoms with Gasteiger partial charge in [0.1, 0.15) is 11.5 Å². The molecule has 4 rings (SSSR count). The first-order valence-electron chi connectivity index (χ1n) is 8.47. The van der Waals surface area contributed by atoms with Gasteiger partial charge in [-0.25, -0.2) is 4.98 Å². The number of rotatable bonds is 7. The highest BCUT2D eigenvalue weighted by Crippen LogP contribution is 2.26. The van der Waals surface area contributed by atoms with Gasteiger partial charge in [-0.05, 0) is 31.2 Å². The van der Waals surface area contributed by atoms with Crippen molar-refractivity contribution in [3.63, 3.8) is 0 Å². The monoisotopic (exact) mass is 382 g/mol. The fourth-order valence-electron chi connectivity index (χ4n) is 2.61. The van der Waals surface area contributed by atoms with Gasteiger partial charge in [-0.1, -0.05) is 29.1 Å². The lowest BCUT2D eigenvalue weighted by Crippen LogP contribution is -1.90. The molecule has 7 nitrogen and oxygen atoms in total. The lowest BCUT2D eigenvalue weighted by atomic mass is 10.2. The van der Waals surface area contributed by atoms with Crippen molar-refractivity contribution in [1.29, 1.82) is 0 Å². The number of H-pyrrole nitrogens is 1. The highest BCUT2D eigenvalue weighted by molar-refractivity contribution is 7.98. The first-order valence-corrected chi connectivity index (χ1v) is 9.46. The van der Waals surface area contributed by atoms with Crippen LogP contribution in [-0.2, 0) is 5.75 Å². The van der Waals surface area contributed by atoms with E-state index in [2.05, 4.69) is 20.1 Å². The number of aromatic nitrogens is 4. The van der Waals surface area contributed by atoms with Gasteiger partial charge in [0.15, 0.2) is 5.16 Å². The molecule has 0 saturated carbocycles. The maximum absolute atomic E-state index is 5.52. The number of fused-ring (bicyclic) bond motifs is 1. The maximum atomic E-state index is 5.52.